The minimum Gasteiger partial charge on any atom is -0.383 e. The van der Waals surface area contributed by atoms with Gasteiger partial charge in [0.15, 0.2) is 19.5 Å². The number of rotatable bonds is 5. The number of carbonyl (C=O) groups is 1. The second-order valence-electron chi connectivity index (χ2n) is 6.85. The van der Waals surface area contributed by atoms with Crippen LogP contribution in [0.4, 0.5) is 11.5 Å². The molecule has 3 heterocycles. The van der Waals surface area contributed by atoms with Gasteiger partial charge in [-0.05, 0) is 36.8 Å². The highest BCUT2D eigenvalue weighted by Crippen LogP contribution is 2.29. The Morgan fingerprint density at radius 3 is 2.59 bits per heavy atom. The number of nitrogens with zero attached hydrogens (tertiary/aromatic N) is 5. The normalized spacial score (nSPS) is 15.2. The molecule has 0 saturated carbocycles. The molecule has 1 aliphatic heterocycles. The van der Waals surface area contributed by atoms with Crippen LogP contribution >= 0.6 is 11.3 Å². The van der Waals surface area contributed by atoms with E-state index in [1.54, 1.807) is 18.6 Å². The first-order chi connectivity index (χ1) is 16.5. The molecule has 0 saturated heterocycles. The van der Waals surface area contributed by atoms with Crippen molar-refractivity contribution in [3.8, 4) is 0 Å². The molecule has 2 aromatic heterocycles. The number of nitrogen functional groups attached to an aromatic ring is 1. The number of carbonyl (C=O) groups excluding carboxylic acids is 1. The van der Waals surface area contributed by atoms with E-state index in [4.69, 9.17) is 18.6 Å². The molecule has 1 aromatic carbocycles. The first kappa shape index (κ1) is 24.8. The summed E-state index contributed by atoms with van der Waals surface area (Å²) in [6.45, 7) is 6.28. The number of allylic oxidation sites excluding steroid dienone is 1. The van der Waals surface area contributed by atoms with Gasteiger partial charge >= 0.3 is 0 Å². The monoisotopic (exact) mass is 471 g/mol. The van der Waals surface area contributed by atoms with Crippen molar-refractivity contribution in [3.05, 3.63) is 76.6 Å². The number of nitrogens with one attached hydrogen (secondary N) is 1. The third-order valence-electron chi connectivity index (χ3n) is 4.85. The lowest BCUT2D eigenvalue weighted by Gasteiger charge is -2.22. The van der Waals surface area contributed by atoms with Gasteiger partial charge in [0.25, 0.3) is 5.91 Å². The first-order valence-electron chi connectivity index (χ1n) is 10.8. The molecule has 1 aliphatic rings. The molecule has 8 nitrogen and oxygen atoms in total. The van der Waals surface area contributed by atoms with Gasteiger partial charge in [-0.1, -0.05) is 32.1 Å². The SMILES string of the molecule is CC.[B]c1nc(C(=O)NCc2ccc(N3C(=NC)/C(=C\C)N=C3c3cccnc3N)cc2)cs1. The van der Waals surface area contributed by atoms with E-state index in [1.807, 2.05) is 68.1 Å². The molecule has 0 spiro atoms. The summed E-state index contributed by atoms with van der Waals surface area (Å²) in [5.41, 5.74) is 9.73. The predicted octanol–water partition coefficient (Wildman–Crippen LogP) is 3.07. The zero-order valence-electron chi connectivity index (χ0n) is 19.6. The number of pyridine rings is 1. The molecule has 172 valence electrons. The molecule has 3 aromatic rings. The average molecular weight is 471 g/mol. The Morgan fingerprint density at radius 1 is 1.26 bits per heavy atom. The van der Waals surface area contributed by atoms with E-state index < -0.39 is 0 Å². The summed E-state index contributed by atoms with van der Waals surface area (Å²) in [5, 5.41) is 4.49. The van der Waals surface area contributed by atoms with Crippen LogP contribution in [-0.2, 0) is 6.54 Å². The standard InChI is InChI=1S/C22H20BN7OS.C2H6/c1-3-16-20(25-2)30(19(28-16)15-5-4-10-26-18(15)24)14-8-6-13(7-9-14)11-27-21(31)17-12-32-22(23)29-17;1-2/h3-10,12H,11H2,1-2H3,(H2,24,26)(H,27,31);1-2H3/b16-3+,25-20?;. The number of anilines is 2. The highest BCUT2D eigenvalue weighted by molar-refractivity contribution is 7.17. The minimum atomic E-state index is -0.263. The summed E-state index contributed by atoms with van der Waals surface area (Å²) >= 11 is 1.23. The van der Waals surface area contributed by atoms with E-state index in [0.29, 0.717) is 34.6 Å². The van der Waals surface area contributed by atoms with Crippen molar-refractivity contribution in [1.29, 1.82) is 0 Å². The zero-order chi connectivity index (χ0) is 24.7. The van der Waals surface area contributed by atoms with E-state index >= 15 is 0 Å². The molecule has 0 unspecified atom stereocenters. The molecule has 0 bridgehead atoms. The van der Waals surface area contributed by atoms with Crippen LogP contribution < -0.4 is 20.9 Å². The van der Waals surface area contributed by atoms with Crippen molar-refractivity contribution < 1.29 is 4.79 Å². The van der Waals surface area contributed by atoms with Crippen LogP contribution in [0.2, 0.25) is 0 Å². The summed E-state index contributed by atoms with van der Waals surface area (Å²) in [7, 11) is 7.32. The molecule has 4 rings (SSSR count). The van der Waals surface area contributed by atoms with E-state index in [1.165, 1.54) is 11.3 Å². The van der Waals surface area contributed by atoms with E-state index in [0.717, 1.165) is 22.5 Å². The summed E-state index contributed by atoms with van der Waals surface area (Å²) < 4.78 is 0. The Hall–Kier alpha value is -3.79. The molecule has 0 aliphatic carbocycles. The quantitative estimate of drug-likeness (QED) is 0.556. The number of thiazole rings is 1. The van der Waals surface area contributed by atoms with Gasteiger partial charge in [-0.15, -0.1) is 11.3 Å². The number of amidine groups is 2. The van der Waals surface area contributed by atoms with Crippen LogP contribution in [-0.4, -0.2) is 42.4 Å². The fraction of sp³-hybridized carbons (Fsp3) is 0.208. The lowest BCUT2D eigenvalue weighted by atomic mass is 10.1. The summed E-state index contributed by atoms with van der Waals surface area (Å²) in [6.07, 6.45) is 3.55. The van der Waals surface area contributed by atoms with Crippen molar-refractivity contribution in [3.63, 3.8) is 0 Å². The Kier molecular flexibility index (Phi) is 8.31. The van der Waals surface area contributed by atoms with Gasteiger partial charge < -0.3 is 11.1 Å². The number of hydrogen-bond donors (Lipinski definition) is 2. The Labute approximate surface area is 204 Å². The Bertz CT molecular complexity index is 1250. The zero-order valence-corrected chi connectivity index (χ0v) is 20.4. The number of amides is 1. The molecular formula is C24H26BN7OS. The van der Waals surface area contributed by atoms with E-state index in [9.17, 15) is 4.79 Å². The second-order valence-corrected chi connectivity index (χ2v) is 7.74. The first-order valence-corrected chi connectivity index (χ1v) is 11.7. The van der Waals surface area contributed by atoms with Gasteiger partial charge in [0, 0.05) is 35.8 Å². The maximum atomic E-state index is 12.2. The van der Waals surface area contributed by atoms with Crippen LogP contribution in [0.5, 0.6) is 0 Å². The van der Waals surface area contributed by atoms with Gasteiger partial charge in [0.05, 0.1) is 5.56 Å². The summed E-state index contributed by atoms with van der Waals surface area (Å²) in [5.74, 6) is 1.51. The number of benzene rings is 1. The molecule has 2 radical (unpaired) electrons. The van der Waals surface area contributed by atoms with Crippen molar-refractivity contribution in [2.24, 2.45) is 9.98 Å². The average Bonchev–Trinajstić information content (AvgIpc) is 3.47. The Morgan fingerprint density at radius 2 is 2.00 bits per heavy atom. The van der Waals surface area contributed by atoms with Crippen LogP contribution in [0.3, 0.4) is 0 Å². The van der Waals surface area contributed by atoms with Gasteiger partial charge in [-0.2, -0.15) is 0 Å². The number of hydrogen-bond acceptors (Lipinski definition) is 7. The van der Waals surface area contributed by atoms with Crippen LogP contribution in [0.15, 0.2) is 69.7 Å². The number of aromatic nitrogens is 2. The second kappa shape index (κ2) is 11.4. The van der Waals surface area contributed by atoms with Crippen LogP contribution in [0.1, 0.15) is 42.4 Å². The highest BCUT2D eigenvalue weighted by atomic mass is 32.1. The van der Waals surface area contributed by atoms with Crippen LogP contribution in [0, 0.1) is 0 Å². The summed E-state index contributed by atoms with van der Waals surface area (Å²) in [4.78, 5) is 31.9. The molecule has 3 N–H and O–H groups in total. The largest absolute Gasteiger partial charge is 0.383 e. The molecule has 1 amide bonds. The maximum absolute atomic E-state index is 12.2. The van der Waals surface area contributed by atoms with Gasteiger partial charge in [-0.25, -0.2) is 15.0 Å². The Balaban J connectivity index is 0.00000158. The number of aliphatic imine (C=N–C) groups is 2. The van der Waals surface area contributed by atoms with Crippen molar-refractivity contribution >= 4 is 53.2 Å². The molecule has 34 heavy (non-hydrogen) atoms. The smallest absolute Gasteiger partial charge is 0.270 e. The molecule has 0 fully saturated rings. The number of nitrogens with two attached hydrogens (primary N) is 1. The van der Waals surface area contributed by atoms with Gasteiger partial charge in [-0.3, -0.25) is 14.7 Å². The van der Waals surface area contributed by atoms with Crippen molar-refractivity contribution in [2.75, 3.05) is 17.7 Å². The van der Waals surface area contributed by atoms with Crippen molar-refractivity contribution in [2.45, 2.75) is 27.3 Å². The van der Waals surface area contributed by atoms with Gasteiger partial charge in [0.2, 0.25) is 0 Å². The highest BCUT2D eigenvalue weighted by Gasteiger charge is 2.31. The maximum Gasteiger partial charge on any atom is 0.270 e. The fourth-order valence-electron chi connectivity index (χ4n) is 3.30. The minimum absolute atomic E-state index is 0.263. The lowest BCUT2D eigenvalue weighted by molar-refractivity contribution is 0.0947. The van der Waals surface area contributed by atoms with Gasteiger partial charge in [0.1, 0.15) is 17.2 Å². The summed E-state index contributed by atoms with van der Waals surface area (Å²) in [6, 6.07) is 11.5. The van der Waals surface area contributed by atoms with Crippen molar-refractivity contribution in [1.82, 2.24) is 15.3 Å². The predicted molar refractivity (Wildman–Crippen MR) is 141 cm³/mol. The third kappa shape index (κ3) is 5.23. The van der Waals surface area contributed by atoms with E-state index in [-0.39, 0.29) is 5.91 Å². The van der Waals surface area contributed by atoms with E-state index in [2.05, 4.69) is 20.3 Å². The lowest BCUT2D eigenvalue weighted by Crippen LogP contribution is -2.33. The molecular weight excluding hydrogens is 445 g/mol. The third-order valence-corrected chi connectivity index (χ3v) is 5.52. The fourth-order valence-corrected chi connectivity index (χ4v) is 3.84. The topological polar surface area (TPSA) is 109 Å². The van der Waals surface area contributed by atoms with Crippen LogP contribution in [0.25, 0.3) is 0 Å². The molecule has 10 heteroatoms. The molecule has 0 atom stereocenters.